The van der Waals surface area contributed by atoms with Crippen LogP contribution in [-0.4, -0.2) is 38.8 Å². The first kappa shape index (κ1) is 16.5. The van der Waals surface area contributed by atoms with Crippen LogP contribution in [0.1, 0.15) is 25.3 Å². The van der Waals surface area contributed by atoms with E-state index in [1.807, 2.05) is 13.0 Å². The van der Waals surface area contributed by atoms with Crippen LogP contribution in [0.3, 0.4) is 0 Å². The summed E-state index contributed by atoms with van der Waals surface area (Å²) in [5.74, 6) is 0.0421. The Kier molecular flexibility index (Phi) is 4.84. The van der Waals surface area contributed by atoms with E-state index >= 15 is 0 Å². The lowest BCUT2D eigenvalue weighted by Gasteiger charge is -2.18. The quantitative estimate of drug-likeness (QED) is 0.823. The topological polar surface area (TPSA) is 81.5 Å². The Morgan fingerprint density at radius 1 is 1.45 bits per heavy atom. The van der Waals surface area contributed by atoms with Crippen molar-refractivity contribution >= 4 is 21.6 Å². The molecule has 0 radical (unpaired) electrons. The number of anilines is 1. The molecule has 0 N–H and O–H groups in total. The zero-order valence-electron chi connectivity index (χ0n) is 12.7. The Morgan fingerprint density at radius 2 is 2.18 bits per heavy atom. The summed E-state index contributed by atoms with van der Waals surface area (Å²) in [6.07, 6.45) is 1.24. The highest BCUT2D eigenvalue weighted by molar-refractivity contribution is 7.89. The number of benzene rings is 1. The minimum absolute atomic E-state index is 0.0421. The van der Waals surface area contributed by atoms with E-state index < -0.39 is 10.0 Å². The van der Waals surface area contributed by atoms with Gasteiger partial charge in [-0.2, -0.15) is 9.57 Å². The van der Waals surface area contributed by atoms with E-state index in [1.165, 1.54) is 17.4 Å². The zero-order valence-corrected chi connectivity index (χ0v) is 13.6. The fraction of sp³-hybridized carbons (Fsp3) is 0.467. The summed E-state index contributed by atoms with van der Waals surface area (Å²) in [6.45, 7) is 2.56. The average Bonchev–Trinajstić information content (AvgIpc) is 2.94. The molecule has 1 aliphatic rings. The van der Waals surface area contributed by atoms with Gasteiger partial charge in [0.1, 0.15) is 0 Å². The van der Waals surface area contributed by atoms with Gasteiger partial charge >= 0.3 is 0 Å². The number of carbonyl (C=O) groups excluding carboxylic acids is 1. The molecule has 0 aromatic heterocycles. The number of rotatable bonds is 5. The first-order valence-electron chi connectivity index (χ1n) is 7.18. The van der Waals surface area contributed by atoms with Crippen LogP contribution in [0.25, 0.3) is 0 Å². The van der Waals surface area contributed by atoms with Gasteiger partial charge in [0, 0.05) is 38.7 Å². The second-order valence-electron chi connectivity index (χ2n) is 5.17. The summed E-state index contributed by atoms with van der Waals surface area (Å²) < 4.78 is 26.1. The summed E-state index contributed by atoms with van der Waals surface area (Å²) in [6, 6.07) is 6.80. The van der Waals surface area contributed by atoms with Crippen LogP contribution in [-0.2, 0) is 21.2 Å². The third kappa shape index (κ3) is 2.98. The van der Waals surface area contributed by atoms with Gasteiger partial charge < -0.3 is 4.90 Å². The van der Waals surface area contributed by atoms with Gasteiger partial charge in [-0.25, -0.2) is 8.42 Å². The zero-order chi connectivity index (χ0) is 16.3. The SMILES string of the molecule is CCC(=O)N1CCc2cc(S(=O)(=O)N(C)CCC#N)ccc21. The minimum Gasteiger partial charge on any atom is -0.312 e. The number of hydrogen-bond donors (Lipinski definition) is 0. The van der Waals surface area contributed by atoms with E-state index in [1.54, 1.807) is 17.0 Å². The molecule has 0 aliphatic carbocycles. The number of hydrogen-bond acceptors (Lipinski definition) is 4. The lowest BCUT2D eigenvalue weighted by molar-refractivity contribution is -0.118. The first-order valence-corrected chi connectivity index (χ1v) is 8.62. The van der Waals surface area contributed by atoms with Gasteiger partial charge in [-0.1, -0.05) is 6.92 Å². The van der Waals surface area contributed by atoms with E-state index in [2.05, 4.69) is 0 Å². The molecule has 6 nitrogen and oxygen atoms in total. The highest BCUT2D eigenvalue weighted by atomic mass is 32.2. The third-order valence-electron chi connectivity index (χ3n) is 3.80. The largest absolute Gasteiger partial charge is 0.312 e. The normalized spacial score (nSPS) is 14.0. The van der Waals surface area contributed by atoms with E-state index in [-0.39, 0.29) is 23.8 Å². The Labute approximate surface area is 131 Å². The van der Waals surface area contributed by atoms with Crippen LogP contribution in [0.2, 0.25) is 0 Å². The van der Waals surface area contributed by atoms with Gasteiger partial charge in [-0.15, -0.1) is 0 Å². The summed E-state index contributed by atoms with van der Waals surface area (Å²) in [5.41, 5.74) is 1.67. The predicted octanol–water partition coefficient (Wildman–Crippen LogP) is 1.52. The number of fused-ring (bicyclic) bond motifs is 1. The monoisotopic (exact) mass is 321 g/mol. The van der Waals surface area contributed by atoms with Crippen LogP contribution in [0.5, 0.6) is 0 Å². The van der Waals surface area contributed by atoms with Gasteiger partial charge in [0.15, 0.2) is 0 Å². The fourth-order valence-corrected chi connectivity index (χ4v) is 3.72. The molecule has 0 spiro atoms. The highest BCUT2D eigenvalue weighted by Gasteiger charge is 2.27. The van der Waals surface area contributed by atoms with Crippen LogP contribution in [0.4, 0.5) is 5.69 Å². The van der Waals surface area contributed by atoms with Crippen molar-refractivity contribution in [3.63, 3.8) is 0 Å². The number of nitriles is 1. The van der Waals surface area contributed by atoms with Crippen molar-refractivity contribution in [3.05, 3.63) is 23.8 Å². The smallest absolute Gasteiger partial charge is 0.242 e. The van der Waals surface area contributed by atoms with Crippen molar-refractivity contribution < 1.29 is 13.2 Å². The number of carbonyl (C=O) groups is 1. The minimum atomic E-state index is -3.60. The van der Waals surface area contributed by atoms with Crippen molar-refractivity contribution in [1.82, 2.24) is 4.31 Å². The fourth-order valence-electron chi connectivity index (χ4n) is 2.50. The van der Waals surface area contributed by atoms with Crippen LogP contribution >= 0.6 is 0 Å². The first-order chi connectivity index (χ1) is 10.4. The van der Waals surface area contributed by atoms with Crippen LogP contribution in [0, 0.1) is 11.3 Å². The van der Waals surface area contributed by atoms with Crippen molar-refractivity contribution in [3.8, 4) is 6.07 Å². The second-order valence-corrected chi connectivity index (χ2v) is 7.22. The molecule has 0 saturated carbocycles. The molecule has 0 fully saturated rings. The molecule has 118 valence electrons. The Morgan fingerprint density at radius 3 is 2.82 bits per heavy atom. The van der Waals surface area contributed by atoms with E-state index in [9.17, 15) is 13.2 Å². The van der Waals surface area contributed by atoms with Crippen molar-refractivity contribution in [1.29, 1.82) is 5.26 Å². The molecule has 0 bridgehead atoms. The molecule has 0 atom stereocenters. The standard InChI is InChI=1S/C15H19N3O3S/c1-3-15(19)18-10-7-12-11-13(5-6-14(12)18)22(20,21)17(2)9-4-8-16/h5-6,11H,3-4,7,9-10H2,1-2H3. The molecule has 7 heteroatoms. The summed E-state index contributed by atoms with van der Waals surface area (Å²) >= 11 is 0. The van der Waals surface area contributed by atoms with E-state index in [0.29, 0.717) is 19.4 Å². The molecule has 0 saturated heterocycles. The Bertz CT molecular complexity index is 722. The van der Waals surface area contributed by atoms with Crippen LogP contribution < -0.4 is 4.90 Å². The maximum Gasteiger partial charge on any atom is 0.242 e. The summed E-state index contributed by atoms with van der Waals surface area (Å²) in [5, 5.41) is 8.57. The number of sulfonamides is 1. The van der Waals surface area contributed by atoms with Gasteiger partial charge in [-0.3, -0.25) is 4.79 Å². The Hall–Kier alpha value is -1.91. The molecule has 22 heavy (non-hydrogen) atoms. The third-order valence-corrected chi connectivity index (χ3v) is 5.65. The van der Waals surface area contributed by atoms with Gasteiger partial charge in [0.2, 0.25) is 15.9 Å². The van der Waals surface area contributed by atoms with E-state index in [0.717, 1.165) is 11.3 Å². The average molecular weight is 321 g/mol. The molecule has 1 aromatic carbocycles. The molecule has 1 heterocycles. The molecule has 2 rings (SSSR count). The molecule has 1 aliphatic heterocycles. The summed E-state index contributed by atoms with van der Waals surface area (Å²) in [7, 11) is -2.13. The second kappa shape index (κ2) is 6.46. The molecular formula is C15H19N3O3S. The highest BCUT2D eigenvalue weighted by Crippen LogP contribution is 2.31. The van der Waals surface area contributed by atoms with Crippen molar-refractivity contribution in [2.24, 2.45) is 0 Å². The number of amides is 1. The molecule has 0 unspecified atom stereocenters. The maximum absolute atomic E-state index is 12.4. The predicted molar refractivity (Wildman–Crippen MR) is 82.8 cm³/mol. The molecule has 1 aromatic rings. The van der Waals surface area contributed by atoms with Crippen molar-refractivity contribution in [2.75, 3.05) is 25.0 Å². The van der Waals surface area contributed by atoms with E-state index in [4.69, 9.17) is 5.26 Å². The molecular weight excluding hydrogens is 302 g/mol. The molecule has 1 amide bonds. The van der Waals surface area contributed by atoms with Gasteiger partial charge in [0.05, 0.1) is 11.0 Å². The summed E-state index contributed by atoms with van der Waals surface area (Å²) in [4.78, 5) is 13.8. The Balaban J connectivity index is 2.30. The van der Waals surface area contributed by atoms with Crippen molar-refractivity contribution in [2.45, 2.75) is 31.1 Å². The lowest BCUT2D eigenvalue weighted by Crippen LogP contribution is -2.28. The van der Waals surface area contributed by atoms with Crippen LogP contribution in [0.15, 0.2) is 23.1 Å². The van der Waals surface area contributed by atoms with Gasteiger partial charge in [0.25, 0.3) is 0 Å². The lowest BCUT2D eigenvalue weighted by atomic mass is 10.2. The van der Waals surface area contributed by atoms with Gasteiger partial charge in [-0.05, 0) is 30.2 Å². The number of nitrogens with zero attached hydrogens (tertiary/aromatic N) is 3. The maximum atomic E-state index is 12.4.